The molecule has 3 aromatic heterocycles. The van der Waals surface area contributed by atoms with Crippen molar-refractivity contribution in [1.82, 2.24) is 25.5 Å². The fraction of sp³-hybridized carbons (Fsp3) is 0.294. The Labute approximate surface area is 144 Å². The molecule has 3 heterocycles. The van der Waals surface area contributed by atoms with Crippen LogP contribution in [-0.4, -0.2) is 32.2 Å². The van der Waals surface area contributed by atoms with Gasteiger partial charge in [-0.1, -0.05) is 12.8 Å². The molecule has 4 rings (SSSR count). The molecule has 0 bridgehead atoms. The molecule has 4 N–H and O–H groups in total. The van der Waals surface area contributed by atoms with Crippen molar-refractivity contribution < 1.29 is 4.79 Å². The van der Waals surface area contributed by atoms with Gasteiger partial charge in [0.15, 0.2) is 0 Å². The lowest BCUT2D eigenvalue weighted by atomic mass is 10.2. The van der Waals surface area contributed by atoms with Crippen molar-refractivity contribution >= 4 is 34.3 Å². The normalized spacial score (nSPS) is 14.6. The molecule has 128 valence electrons. The lowest BCUT2D eigenvalue weighted by molar-refractivity contribution is 0.248. The van der Waals surface area contributed by atoms with Crippen molar-refractivity contribution in [2.24, 2.45) is 0 Å². The zero-order chi connectivity index (χ0) is 17.1. The van der Waals surface area contributed by atoms with Gasteiger partial charge in [-0.2, -0.15) is 5.10 Å². The van der Waals surface area contributed by atoms with Gasteiger partial charge in [-0.3, -0.25) is 15.4 Å². The highest BCUT2D eigenvalue weighted by Gasteiger charge is 2.17. The van der Waals surface area contributed by atoms with Gasteiger partial charge in [0, 0.05) is 12.2 Å². The molecule has 0 aromatic carbocycles. The highest BCUT2D eigenvalue weighted by molar-refractivity contribution is 5.90. The Kier molecular flexibility index (Phi) is 4.16. The third-order valence-electron chi connectivity index (χ3n) is 4.26. The number of H-pyrrole nitrogens is 1. The summed E-state index contributed by atoms with van der Waals surface area (Å²) in [7, 11) is 0. The number of aromatic amines is 1. The first-order chi connectivity index (χ1) is 12.3. The Morgan fingerprint density at radius 1 is 1.12 bits per heavy atom. The standard InChI is InChI=1S/C17H19N7O/c25-17(22-11-3-1-2-4-11)24-16-6-5-14-15(23-16)7-12(8-18-14)21-13-9-19-20-10-13/h5-11,21H,1-4H2,(H,19,20)(H2,22,23,24,25). The lowest BCUT2D eigenvalue weighted by Gasteiger charge is -2.12. The van der Waals surface area contributed by atoms with E-state index in [0.717, 1.165) is 29.7 Å². The maximum Gasteiger partial charge on any atom is 0.320 e. The number of rotatable bonds is 4. The quantitative estimate of drug-likeness (QED) is 0.585. The van der Waals surface area contributed by atoms with Gasteiger partial charge in [-0.05, 0) is 31.0 Å². The monoisotopic (exact) mass is 337 g/mol. The molecule has 0 spiro atoms. The third-order valence-corrected chi connectivity index (χ3v) is 4.26. The van der Waals surface area contributed by atoms with Crippen LogP contribution in [0.4, 0.5) is 22.0 Å². The van der Waals surface area contributed by atoms with E-state index in [4.69, 9.17) is 0 Å². The smallest absolute Gasteiger partial charge is 0.320 e. The van der Waals surface area contributed by atoms with Crippen molar-refractivity contribution in [2.45, 2.75) is 31.7 Å². The number of amides is 2. The van der Waals surface area contributed by atoms with E-state index < -0.39 is 0 Å². The van der Waals surface area contributed by atoms with E-state index in [-0.39, 0.29) is 12.1 Å². The van der Waals surface area contributed by atoms with E-state index in [9.17, 15) is 4.79 Å². The van der Waals surface area contributed by atoms with E-state index in [1.165, 1.54) is 12.8 Å². The third kappa shape index (κ3) is 3.68. The van der Waals surface area contributed by atoms with Gasteiger partial charge in [-0.15, -0.1) is 0 Å². The van der Waals surface area contributed by atoms with Crippen LogP contribution in [0, 0.1) is 0 Å². The van der Waals surface area contributed by atoms with Crippen LogP contribution in [0.1, 0.15) is 25.7 Å². The number of nitrogens with one attached hydrogen (secondary N) is 4. The van der Waals surface area contributed by atoms with Crippen molar-refractivity contribution in [3.05, 3.63) is 36.8 Å². The summed E-state index contributed by atoms with van der Waals surface area (Å²) < 4.78 is 0. The molecule has 1 aliphatic rings. The number of carbonyl (C=O) groups is 1. The topological polar surface area (TPSA) is 108 Å². The molecule has 0 atom stereocenters. The van der Waals surface area contributed by atoms with Crippen LogP contribution in [0.2, 0.25) is 0 Å². The second-order valence-corrected chi connectivity index (χ2v) is 6.15. The van der Waals surface area contributed by atoms with Crippen LogP contribution in [0.3, 0.4) is 0 Å². The van der Waals surface area contributed by atoms with Gasteiger partial charge >= 0.3 is 6.03 Å². The van der Waals surface area contributed by atoms with Crippen molar-refractivity contribution in [3.8, 4) is 0 Å². The maximum atomic E-state index is 12.1. The number of carbonyl (C=O) groups excluding carboxylic acids is 1. The van der Waals surface area contributed by atoms with Crippen LogP contribution in [0.5, 0.6) is 0 Å². The van der Waals surface area contributed by atoms with Gasteiger partial charge in [0.25, 0.3) is 0 Å². The number of hydrogen-bond acceptors (Lipinski definition) is 5. The van der Waals surface area contributed by atoms with Gasteiger partial charge in [-0.25, -0.2) is 9.78 Å². The fourth-order valence-corrected chi connectivity index (χ4v) is 3.04. The highest BCUT2D eigenvalue weighted by atomic mass is 16.2. The molecule has 2 amide bonds. The molecule has 0 saturated heterocycles. The van der Waals surface area contributed by atoms with Crippen LogP contribution in [0.15, 0.2) is 36.8 Å². The Morgan fingerprint density at radius 2 is 2.00 bits per heavy atom. The molecule has 1 aliphatic carbocycles. The molecule has 1 saturated carbocycles. The van der Waals surface area contributed by atoms with E-state index >= 15 is 0 Å². The summed E-state index contributed by atoms with van der Waals surface area (Å²) in [5.74, 6) is 0.505. The van der Waals surface area contributed by atoms with E-state index in [0.29, 0.717) is 11.3 Å². The minimum Gasteiger partial charge on any atom is -0.352 e. The molecule has 1 fully saturated rings. The molecule has 0 radical (unpaired) electrons. The van der Waals surface area contributed by atoms with Crippen molar-refractivity contribution in [1.29, 1.82) is 0 Å². The Balaban J connectivity index is 1.48. The SMILES string of the molecule is O=C(Nc1ccc2ncc(Nc3cn[nH]c3)cc2n1)NC1CCCC1. The predicted octanol–water partition coefficient (Wildman–Crippen LogP) is 3.16. The summed E-state index contributed by atoms with van der Waals surface area (Å²) in [5.41, 5.74) is 3.10. The summed E-state index contributed by atoms with van der Waals surface area (Å²) in [4.78, 5) is 20.9. The molecule has 0 unspecified atom stereocenters. The first-order valence-corrected chi connectivity index (χ1v) is 8.36. The zero-order valence-corrected chi connectivity index (χ0v) is 13.6. The van der Waals surface area contributed by atoms with Crippen LogP contribution < -0.4 is 16.0 Å². The zero-order valence-electron chi connectivity index (χ0n) is 13.6. The van der Waals surface area contributed by atoms with E-state index in [1.54, 1.807) is 24.7 Å². The molecular formula is C17H19N7O. The summed E-state index contributed by atoms with van der Waals surface area (Å²) in [6.07, 6.45) is 9.62. The van der Waals surface area contributed by atoms with Crippen LogP contribution in [-0.2, 0) is 0 Å². The highest BCUT2D eigenvalue weighted by Crippen LogP contribution is 2.20. The van der Waals surface area contributed by atoms with Crippen LogP contribution in [0.25, 0.3) is 11.0 Å². The Hall–Kier alpha value is -3.16. The number of urea groups is 1. The first kappa shape index (κ1) is 15.4. The Morgan fingerprint density at radius 3 is 2.80 bits per heavy atom. The minimum atomic E-state index is -0.209. The second kappa shape index (κ2) is 6.76. The number of anilines is 3. The molecule has 25 heavy (non-hydrogen) atoms. The number of hydrogen-bond donors (Lipinski definition) is 4. The van der Waals surface area contributed by atoms with Gasteiger partial charge in [0.1, 0.15) is 5.82 Å². The molecular weight excluding hydrogens is 318 g/mol. The number of nitrogens with zero attached hydrogens (tertiary/aromatic N) is 3. The first-order valence-electron chi connectivity index (χ1n) is 8.36. The average molecular weight is 337 g/mol. The fourth-order valence-electron chi connectivity index (χ4n) is 3.04. The Bertz CT molecular complexity index is 872. The molecule has 8 nitrogen and oxygen atoms in total. The molecule has 0 aliphatic heterocycles. The summed E-state index contributed by atoms with van der Waals surface area (Å²) in [6, 6.07) is 5.55. The van der Waals surface area contributed by atoms with Crippen molar-refractivity contribution in [2.75, 3.05) is 10.6 Å². The van der Waals surface area contributed by atoms with E-state index in [1.807, 2.05) is 12.1 Å². The summed E-state index contributed by atoms with van der Waals surface area (Å²) in [5, 5.41) is 15.6. The largest absolute Gasteiger partial charge is 0.352 e. The number of aromatic nitrogens is 4. The predicted molar refractivity (Wildman–Crippen MR) is 95.8 cm³/mol. The average Bonchev–Trinajstić information content (AvgIpc) is 3.28. The molecule has 8 heteroatoms. The van der Waals surface area contributed by atoms with Gasteiger partial charge < -0.3 is 10.6 Å². The van der Waals surface area contributed by atoms with Crippen molar-refractivity contribution in [3.63, 3.8) is 0 Å². The molecule has 3 aromatic rings. The van der Waals surface area contributed by atoms with Crippen LogP contribution >= 0.6 is 0 Å². The summed E-state index contributed by atoms with van der Waals surface area (Å²) >= 11 is 0. The minimum absolute atomic E-state index is 0.209. The van der Waals surface area contributed by atoms with Gasteiger partial charge in [0.2, 0.25) is 0 Å². The van der Waals surface area contributed by atoms with E-state index in [2.05, 4.69) is 36.1 Å². The number of pyridine rings is 2. The second-order valence-electron chi connectivity index (χ2n) is 6.15. The van der Waals surface area contributed by atoms with Gasteiger partial charge in [0.05, 0.1) is 34.8 Å². The number of fused-ring (bicyclic) bond motifs is 1. The maximum absolute atomic E-state index is 12.1. The lowest BCUT2D eigenvalue weighted by Crippen LogP contribution is -2.36. The summed E-state index contributed by atoms with van der Waals surface area (Å²) in [6.45, 7) is 0.